The highest BCUT2D eigenvalue weighted by Gasteiger charge is 2.05. The molecule has 0 unspecified atom stereocenters. The molecule has 1 heterocycles. The molecule has 0 fully saturated rings. The average Bonchev–Trinajstić information content (AvgIpc) is 2.81. The van der Waals surface area contributed by atoms with Crippen LogP contribution >= 0.6 is 11.6 Å². The Bertz CT molecular complexity index is 527. The van der Waals surface area contributed by atoms with Crippen molar-refractivity contribution in [2.45, 2.75) is 26.6 Å². The van der Waals surface area contributed by atoms with E-state index in [2.05, 4.69) is 15.5 Å². The minimum Gasteiger partial charge on any atom is -0.317 e. The summed E-state index contributed by atoms with van der Waals surface area (Å²) < 4.78 is 15.4. The zero-order chi connectivity index (χ0) is 13.0. The molecular weight excluding hydrogens is 255 g/mol. The first-order valence-corrected chi connectivity index (χ1v) is 6.10. The van der Waals surface area contributed by atoms with Gasteiger partial charge in [-0.2, -0.15) is 0 Å². The van der Waals surface area contributed by atoms with Gasteiger partial charge in [-0.1, -0.05) is 11.6 Å². The second-order valence-corrected chi connectivity index (χ2v) is 4.31. The maximum absolute atomic E-state index is 13.4. The third kappa shape index (κ3) is 3.05. The number of benzene rings is 1. The van der Waals surface area contributed by atoms with E-state index in [1.54, 1.807) is 12.4 Å². The van der Waals surface area contributed by atoms with E-state index in [1.807, 2.05) is 11.5 Å². The highest BCUT2D eigenvalue weighted by molar-refractivity contribution is 6.30. The molecule has 0 atom stereocenters. The highest BCUT2D eigenvalue weighted by atomic mass is 35.5. The summed E-state index contributed by atoms with van der Waals surface area (Å²) in [6.07, 6.45) is 1.68. The number of hydrogen-bond donors (Lipinski definition) is 1. The van der Waals surface area contributed by atoms with Crippen molar-refractivity contribution in [3.05, 3.63) is 46.8 Å². The summed E-state index contributed by atoms with van der Waals surface area (Å²) in [5.74, 6) is 0.573. The minimum absolute atomic E-state index is 0.260. The van der Waals surface area contributed by atoms with Crippen LogP contribution in [0.1, 0.15) is 18.3 Å². The Morgan fingerprint density at radius 1 is 1.39 bits per heavy atom. The maximum Gasteiger partial charge on any atom is 0.146 e. The van der Waals surface area contributed by atoms with Crippen LogP contribution in [0.25, 0.3) is 0 Å². The number of rotatable bonds is 5. The van der Waals surface area contributed by atoms with Crippen molar-refractivity contribution >= 4 is 11.6 Å². The minimum atomic E-state index is -0.260. The molecule has 1 aromatic heterocycles. The molecule has 0 spiro atoms. The van der Waals surface area contributed by atoms with E-state index in [-0.39, 0.29) is 5.82 Å². The second-order valence-electron chi connectivity index (χ2n) is 3.87. The van der Waals surface area contributed by atoms with Gasteiger partial charge >= 0.3 is 0 Å². The summed E-state index contributed by atoms with van der Waals surface area (Å²) in [7, 11) is 0. The van der Waals surface area contributed by atoms with Crippen LogP contribution in [0.4, 0.5) is 4.39 Å². The average molecular weight is 269 g/mol. The molecule has 0 saturated carbocycles. The summed E-state index contributed by atoms with van der Waals surface area (Å²) >= 11 is 5.82. The fourth-order valence-electron chi connectivity index (χ4n) is 1.67. The summed E-state index contributed by atoms with van der Waals surface area (Å²) in [5.41, 5.74) is 0.546. The van der Waals surface area contributed by atoms with Crippen LogP contribution in [0.2, 0.25) is 5.02 Å². The maximum atomic E-state index is 13.4. The van der Waals surface area contributed by atoms with E-state index in [0.29, 0.717) is 23.7 Å². The van der Waals surface area contributed by atoms with Gasteiger partial charge in [0.15, 0.2) is 0 Å². The topological polar surface area (TPSA) is 42.7 Å². The molecule has 0 radical (unpaired) electrons. The first-order chi connectivity index (χ1) is 8.70. The Morgan fingerprint density at radius 2 is 2.22 bits per heavy atom. The number of hydrogen-bond acceptors (Lipinski definition) is 3. The fraction of sp³-hybridized carbons (Fsp3) is 0.333. The van der Waals surface area contributed by atoms with Crippen LogP contribution in [0.15, 0.2) is 24.5 Å². The molecular formula is C12H14ClFN4. The van der Waals surface area contributed by atoms with E-state index >= 15 is 0 Å². The number of aryl methyl sites for hydroxylation is 1. The van der Waals surface area contributed by atoms with Crippen molar-refractivity contribution in [3.8, 4) is 0 Å². The highest BCUT2D eigenvalue weighted by Crippen LogP contribution is 2.14. The standard InChI is InChI=1S/C12H14ClFN4/c1-2-18-8-16-17-12(18)7-15-6-9-5-10(13)3-4-11(9)14/h3-5,8,15H,2,6-7H2,1H3. The van der Waals surface area contributed by atoms with E-state index in [1.165, 1.54) is 12.1 Å². The molecule has 1 N–H and O–H groups in total. The van der Waals surface area contributed by atoms with E-state index in [0.717, 1.165) is 12.4 Å². The Labute approximate surface area is 110 Å². The lowest BCUT2D eigenvalue weighted by atomic mass is 10.2. The van der Waals surface area contributed by atoms with Crippen molar-refractivity contribution in [1.82, 2.24) is 20.1 Å². The van der Waals surface area contributed by atoms with Crippen LogP contribution in [-0.2, 0) is 19.6 Å². The SMILES string of the molecule is CCn1cnnc1CNCc1cc(Cl)ccc1F. The van der Waals surface area contributed by atoms with Crippen molar-refractivity contribution in [2.75, 3.05) is 0 Å². The molecule has 0 amide bonds. The van der Waals surface area contributed by atoms with Gasteiger partial charge in [-0.15, -0.1) is 10.2 Å². The molecule has 0 saturated heterocycles. The van der Waals surface area contributed by atoms with Gasteiger partial charge < -0.3 is 9.88 Å². The number of aromatic nitrogens is 3. The molecule has 0 aliphatic heterocycles. The summed E-state index contributed by atoms with van der Waals surface area (Å²) in [4.78, 5) is 0. The predicted molar refractivity (Wildman–Crippen MR) is 67.6 cm³/mol. The van der Waals surface area contributed by atoms with Gasteiger partial charge in [0.25, 0.3) is 0 Å². The summed E-state index contributed by atoms with van der Waals surface area (Å²) in [6.45, 7) is 3.78. The zero-order valence-electron chi connectivity index (χ0n) is 10.0. The normalized spacial score (nSPS) is 10.8. The molecule has 0 bridgehead atoms. The number of nitrogens with zero attached hydrogens (tertiary/aromatic N) is 3. The molecule has 96 valence electrons. The summed E-state index contributed by atoms with van der Waals surface area (Å²) in [5, 5.41) is 11.5. The molecule has 0 aliphatic rings. The number of halogens is 2. The van der Waals surface area contributed by atoms with Gasteiger partial charge in [0.2, 0.25) is 0 Å². The molecule has 18 heavy (non-hydrogen) atoms. The Morgan fingerprint density at radius 3 is 3.00 bits per heavy atom. The monoisotopic (exact) mass is 268 g/mol. The van der Waals surface area contributed by atoms with Crippen LogP contribution < -0.4 is 5.32 Å². The van der Waals surface area contributed by atoms with Crippen LogP contribution in [0.3, 0.4) is 0 Å². The van der Waals surface area contributed by atoms with Crippen LogP contribution in [-0.4, -0.2) is 14.8 Å². The molecule has 2 aromatic rings. The third-order valence-electron chi connectivity index (χ3n) is 2.64. The molecule has 0 aliphatic carbocycles. The van der Waals surface area contributed by atoms with Gasteiger partial charge in [-0.3, -0.25) is 0 Å². The Hall–Kier alpha value is -1.46. The molecule has 1 aromatic carbocycles. The smallest absolute Gasteiger partial charge is 0.146 e. The van der Waals surface area contributed by atoms with E-state index < -0.39 is 0 Å². The molecule has 2 rings (SSSR count). The van der Waals surface area contributed by atoms with Crippen molar-refractivity contribution in [1.29, 1.82) is 0 Å². The van der Waals surface area contributed by atoms with Gasteiger partial charge in [0.05, 0.1) is 6.54 Å². The first kappa shape index (κ1) is 13.0. The third-order valence-corrected chi connectivity index (χ3v) is 2.88. The largest absolute Gasteiger partial charge is 0.317 e. The van der Waals surface area contributed by atoms with Crippen molar-refractivity contribution in [3.63, 3.8) is 0 Å². The van der Waals surface area contributed by atoms with Gasteiger partial charge in [-0.05, 0) is 25.1 Å². The fourth-order valence-corrected chi connectivity index (χ4v) is 1.86. The quantitative estimate of drug-likeness (QED) is 0.905. The zero-order valence-corrected chi connectivity index (χ0v) is 10.8. The van der Waals surface area contributed by atoms with Crippen molar-refractivity contribution in [2.24, 2.45) is 0 Å². The van der Waals surface area contributed by atoms with Gasteiger partial charge in [0, 0.05) is 23.7 Å². The van der Waals surface area contributed by atoms with Crippen molar-refractivity contribution < 1.29 is 4.39 Å². The first-order valence-electron chi connectivity index (χ1n) is 5.72. The van der Waals surface area contributed by atoms with E-state index in [9.17, 15) is 4.39 Å². The lowest BCUT2D eigenvalue weighted by Gasteiger charge is -2.07. The van der Waals surface area contributed by atoms with Crippen LogP contribution in [0.5, 0.6) is 0 Å². The van der Waals surface area contributed by atoms with E-state index in [4.69, 9.17) is 11.6 Å². The lowest BCUT2D eigenvalue weighted by molar-refractivity contribution is 0.571. The Kier molecular flexibility index (Phi) is 4.28. The summed E-state index contributed by atoms with van der Waals surface area (Å²) in [6, 6.07) is 4.52. The Balaban J connectivity index is 1.94. The van der Waals surface area contributed by atoms with Gasteiger partial charge in [0.1, 0.15) is 18.0 Å². The number of nitrogens with one attached hydrogen (secondary N) is 1. The van der Waals surface area contributed by atoms with Gasteiger partial charge in [-0.25, -0.2) is 4.39 Å². The molecule has 6 heteroatoms. The molecule has 4 nitrogen and oxygen atoms in total. The van der Waals surface area contributed by atoms with Crippen LogP contribution in [0, 0.1) is 5.82 Å². The predicted octanol–water partition coefficient (Wildman–Crippen LogP) is 2.38. The second kappa shape index (κ2) is 5.93. The lowest BCUT2D eigenvalue weighted by Crippen LogP contribution is -2.17.